The Balaban J connectivity index is 2.62. The number of nitrogens with one attached hydrogen (secondary N) is 1. The quantitative estimate of drug-likeness (QED) is 0.824. The Morgan fingerprint density at radius 1 is 1.41 bits per heavy atom. The van der Waals surface area contributed by atoms with E-state index in [1.165, 1.54) is 5.56 Å². The molecule has 0 saturated carbocycles. The normalized spacial score (nSPS) is 10.5. The van der Waals surface area contributed by atoms with Gasteiger partial charge in [0.25, 0.3) is 5.91 Å². The fourth-order valence-corrected chi connectivity index (χ4v) is 1.76. The van der Waals surface area contributed by atoms with E-state index in [0.29, 0.717) is 5.56 Å². The summed E-state index contributed by atoms with van der Waals surface area (Å²) in [6.45, 7) is 2.09. The molecule has 1 amide bonds. The van der Waals surface area contributed by atoms with E-state index >= 15 is 0 Å². The van der Waals surface area contributed by atoms with Crippen molar-refractivity contribution in [2.75, 3.05) is 12.8 Å². The zero-order valence-electron chi connectivity index (χ0n) is 9.95. The Morgan fingerprint density at radius 3 is 2.82 bits per heavy atom. The first-order valence-electron chi connectivity index (χ1n) is 5.57. The molecule has 1 heterocycles. The van der Waals surface area contributed by atoms with Crippen LogP contribution in [0.15, 0.2) is 24.3 Å². The lowest BCUT2D eigenvalue weighted by atomic mass is 10.1. The van der Waals surface area contributed by atoms with E-state index in [9.17, 15) is 4.79 Å². The van der Waals surface area contributed by atoms with Crippen LogP contribution in [0, 0.1) is 0 Å². The van der Waals surface area contributed by atoms with Crippen LogP contribution in [0.3, 0.4) is 0 Å². The third-order valence-corrected chi connectivity index (χ3v) is 2.79. The molecular formula is C13H15N3O. The van der Waals surface area contributed by atoms with Crippen LogP contribution in [-0.4, -0.2) is 17.9 Å². The van der Waals surface area contributed by atoms with E-state index in [1.807, 2.05) is 18.2 Å². The van der Waals surface area contributed by atoms with Crippen LogP contribution in [-0.2, 0) is 6.42 Å². The van der Waals surface area contributed by atoms with Crippen LogP contribution in [0.1, 0.15) is 22.8 Å². The molecule has 0 aliphatic heterocycles. The number of benzene rings is 1. The molecule has 0 saturated heterocycles. The first-order chi connectivity index (χ1) is 8.15. The van der Waals surface area contributed by atoms with E-state index in [4.69, 9.17) is 5.73 Å². The Kier molecular flexibility index (Phi) is 2.95. The van der Waals surface area contributed by atoms with Crippen molar-refractivity contribution in [1.82, 2.24) is 10.3 Å². The number of rotatable bonds is 2. The van der Waals surface area contributed by atoms with Gasteiger partial charge < -0.3 is 11.1 Å². The van der Waals surface area contributed by atoms with E-state index in [-0.39, 0.29) is 11.7 Å². The molecule has 88 valence electrons. The van der Waals surface area contributed by atoms with Crippen LogP contribution in [0.2, 0.25) is 0 Å². The fraction of sp³-hybridized carbons (Fsp3) is 0.231. The summed E-state index contributed by atoms with van der Waals surface area (Å²) >= 11 is 0. The molecule has 3 N–H and O–H groups in total. The number of aromatic nitrogens is 1. The number of hydrogen-bond acceptors (Lipinski definition) is 3. The van der Waals surface area contributed by atoms with Crippen molar-refractivity contribution in [1.29, 1.82) is 0 Å². The number of amides is 1. The van der Waals surface area contributed by atoms with Gasteiger partial charge in [0.2, 0.25) is 0 Å². The molecule has 0 radical (unpaired) electrons. The summed E-state index contributed by atoms with van der Waals surface area (Å²) < 4.78 is 0. The molecule has 0 aliphatic carbocycles. The van der Waals surface area contributed by atoms with Gasteiger partial charge in [0, 0.05) is 12.4 Å². The van der Waals surface area contributed by atoms with E-state index in [1.54, 1.807) is 13.1 Å². The summed E-state index contributed by atoms with van der Waals surface area (Å²) in [7, 11) is 1.58. The van der Waals surface area contributed by atoms with Gasteiger partial charge in [-0.15, -0.1) is 0 Å². The van der Waals surface area contributed by atoms with Crippen LogP contribution >= 0.6 is 0 Å². The van der Waals surface area contributed by atoms with Gasteiger partial charge in [0.05, 0.1) is 11.1 Å². The van der Waals surface area contributed by atoms with E-state index < -0.39 is 0 Å². The number of fused-ring (bicyclic) bond motifs is 1. The van der Waals surface area contributed by atoms with Gasteiger partial charge in [-0.3, -0.25) is 4.79 Å². The summed E-state index contributed by atoms with van der Waals surface area (Å²) in [5.41, 5.74) is 8.24. The molecule has 0 fully saturated rings. The second-order valence-corrected chi connectivity index (χ2v) is 3.88. The molecule has 4 heteroatoms. The third-order valence-electron chi connectivity index (χ3n) is 2.79. The number of aryl methyl sites for hydroxylation is 1. The second kappa shape index (κ2) is 4.41. The highest BCUT2D eigenvalue weighted by atomic mass is 16.1. The topological polar surface area (TPSA) is 68.0 Å². The van der Waals surface area contributed by atoms with E-state index in [2.05, 4.69) is 17.2 Å². The standard InChI is InChI=1S/C13H15N3O/c1-3-8-4-5-9-7-10(13(17)15-2)12(14)16-11(9)6-8/h4-7H,3H2,1-2H3,(H2,14,16)(H,15,17). The number of pyridine rings is 1. The molecule has 0 unspecified atom stereocenters. The maximum atomic E-state index is 11.6. The number of nitrogens with zero attached hydrogens (tertiary/aromatic N) is 1. The van der Waals surface area contributed by atoms with Crippen molar-refractivity contribution in [3.05, 3.63) is 35.4 Å². The zero-order valence-corrected chi connectivity index (χ0v) is 9.95. The molecule has 4 nitrogen and oxygen atoms in total. The monoisotopic (exact) mass is 229 g/mol. The highest BCUT2D eigenvalue weighted by Gasteiger charge is 2.10. The molecule has 0 bridgehead atoms. The van der Waals surface area contributed by atoms with Crippen molar-refractivity contribution in [3.8, 4) is 0 Å². The largest absolute Gasteiger partial charge is 0.383 e. The second-order valence-electron chi connectivity index (χ2n) is 3.88. The summed E-state index contributed by atoms with van der Waals surface area (Å²) in [5, 5.41) is 3.48. The summed E-state index contributed by atoms with van der Waals surface area (Å²) in [4.78, 5) is 15.8. The minimum Gasteiger partial charge on any atom is -0.383 e. The molecule has 2 aromatic rings. The van der Waals surface area contributed by atoms with Gasteiger partial charge in [-0.2, -0.15) is 0 Å². The van der Waals surface area contributed by atoms with Crippen LogP contribution in [0.25, 0.3) is 10.9 Å². The summed E-state index contributed by atoms with van der Waals surface area (Å²) in [6.07, 6.45) is 0.953. The van der Waals surface area contributed by atoms with Crippen LogP contribution in [0.4, 0.5) is 5.82 Å². The smallest absolute Gasteiger partial charge is 0.254 e. The van der Waals surface area contributed by atoms with Crippen molar-refractivity contribution in [3.63, 3.8) is 0 Å². The van der Waals surface area contributed by atoms with E-state index in [0.717, 1.165) is 17.3 Å². The Hall–Kier alpha value is -2.10. The number of anilines is 1. The van der Waals surface area contributed by atoms with Gasteiger partial charge in [0.15, 0.2) is 0 Å². The number of nitrogen functional groups attached to an aromatic ring is 1. The minimum absolute atomic E-state index is 0.212. The van der Waals surface area contributed by atoms with Gasteiger partial charge in [-0.1, -0.05) is 19.1 Å². The number of nitrogens with two attached hydrogens (primary N) is 1. The third kappa shape index (κ3) is 2.06. The zero-order chi connectivity index (χ0) is 12.4. The Morgan fingerprint density at radius 2 is 2.18 bits per heavy atom. The Labute approximate surface area is 99.8 Å². The molecule has 1 aromatic heterocycles. The highest BCUT2D eigenvalue weighted by Crippen LogP contribution is 2.20. The molecule has 0 atom stereocenters. The van der Waals surface area contributed by atoms with Crippen LogP contribution < -0.4 is 11.1 Å². The molecule has 0 aliphatic rings. The molecular weight excluding hydrogens is 214 g/mol. The predicted octanol–water partition coefficient (Wildman–Crippen LogP) is 1.74. The maximum Gasteiger partial charge on any atom is 0.254 e. The Bertz CT molecular complexity index is 578. The first kappa shape index (κ1) is 11.4. The van der Waals surface area contributed by atoms with Crippen molar-refractivity contribution in [2.45, 2.75) is 13.3 Å². The minimum atomic E-state index is -0.212. The predicted molar refractivity (Wildman–Crippen MR) is 68.9 cm³/mol. The molecule has 17 heavy (non-hydrogen) atoms. The van der Waals surface area contributed by atoms with Crippen molar-refractivity contribution in [2.24, 2.45) is 0 Å². The van der Waals surface area contributed by atoms with Gasteiger partial charge in [-0.25, -0.2) is 4.98 Å². The number of carbonyl (C=O) groups excluding carboxylic acids is 1. The summed E-state index contributed by atoms with van der Waals surface area (Å²) in [6, 6.07) is 7.77. The SMILES string of the molecule is CCc1ccc2cc(C(=O)NC)c(N)nc2c1. The van der Waals surface area contributed by atoms with Gasteiger partial charge >= 0.3 is 0 Å². The highest BCUT2D eigenvalue weighted by molar-refractivity contribution is 6.01. The average molecular weight is 229 g/mol. The van der Waals surface area contributed by atoms with Crippen LogP contribution in [0.5, 0.6) is 0 Å². The maximum absolute atomic E-state index is 11.6. The van der Waals surface area contributed by atoms with Crippen molar-refractivity contribution < 1.29 is 4.79 Å². The fourth-order valence-electron chi connectivity index (χ4n) is 1.76. The lowest BCUT2D eigenvalue weighted by Crippen LogP contribution is -2.19. The number of carbonyl (C=O) groups is 1. The average Bonchev–Trinajstić information content (AvgIpc) is 2.36. The molecule has 2 rings (SSSR count). The summed E-state index contributed by atoms with van der Waals surface area (Å²) in [5.74, 6) is 0.0570. The first-order valence-corrected chi connectivity index (χ1v) is 5.57. The lowest BCUT2D eigenvalue weighted by Gasteiger charge is -2.06. The molecule has 0 spiro atoms. The lowest BCUT2D eigenvalue weighted by molar-refractivity contribution is 0.0964. The number of hydrogen-bond donors (Lipinski definition) is 2. The molecule has 1 aromatic carbocycles. The van der Waals surface area contributed by atoms with Gasteiger partial charge in [0.1, 0.15) is 5.82 Å². The van der Waals surface area contributed by atoms with Gasteiger partial charge in [-0.05, 0) is 24.1 Å². The van der Waals surface area contributed by atoms with Crippen molar-refractivity contribution >= 4 is 22.6 Å².